The van der Waals surface area contributed by atoms with Crippen LogP contribution in [0.1, 0.15) is 15.2 Å². The molecule has 0 aliphatic carbocycles. The first-order valence-corrected chi connectivity index (χ1v) is 8.91. The number of hydrogen-bond donors (Lipinski definition) is 1. The van der Waals surface area contributed by atoms with E-state index in [1.165, 1.54) is 17.7 Å². The molecule has 0 aliphatic heterocycles. The maximum absolute atomic E-state index is 12.7. The van der Waals surface area contributed by atoms with Gasteiger partial charge in [-0.3, -0.25) is 4.79 Å². The van der Waals surface area contributed by atoms with Crippen LogP contribution >= 0.6 is 11.3 Å². The number of amides is 1. The summed E-state index contributed by atoms with van der Waals surface area (Å²) in [6.45, 7) is 0.355. The van der Waals surface area contributed by atoms with Gasteiger partial charge < -0.3 is 5.32 Å². The van der Waals surface area contributed by atoms with Crippen LogP contribution in [0.25, 0.3) is 16.9 Å². The second-order valence-corrected chi connectivity index (χ2v) is 6.45. The normalized spacial score (nSPS) is 10.6. The number of pyridine rings is 1. The molecule has 7 heteroatoms. The third-order valence-corrected chi connectivity index (χ3v) is 4.81. The lowest BCUT2D eigenvalue weighted by molar-refractivity contribution is 0.0955. The Morgan fingerprint density at radius 2 is 2.00 bits per heavy atom. The van der Waals surface area contributed by atoms with Crippen molar-refractivity contribution in [3.63, 3.8) is 0 Å². The minimum atomic E-state index is -0.104. The van der Waals surface area contributed by atoms with Crippen molar-refractivity contribution < 1.29 is 4.79 Å². The molecule has 1 N–H and O–H groups in total. The van der Waals surface area contributed by atoms with E-state index in [1.54, 1.807) is 17.2 Å². The highest BCUT2D eigenvalue weighted by Gasteiger charge is 2.15. The van der Waals surface area contributed by atoms with Crippen LogP contribution < -0.4 is 5.32 Å². The second-order valence-electron chi connectivity index (χ2n) is 5.54. The maximum atomic E-state index is 12.7. The number of aromatic nitrogens is 4. The average Bonchev–Trinajstić information content (AvgIpc) is 3.39. The number of carbonyl (C=O) groups excluding carboxylic acids is 1. The summed E-state index contributed by atoms with van der Waals surface area (Å²) in [6, 6.07) is 15.6. The third kappa shape index (κ3) is 3.25. The zero-order valence-electron chi connectivity index (χ0n) is 13.7. The Labute approximate surface area is 154 Å². The van der Waals surface area contributed by atoms with E-state index in [0.717, 1.165) is 16.7 Å². The van der Waals surface area contributed by atoms with Crippen molar-refractivity contribution in [2.45, 2.75) is 6.54 Å². The first-order valence-electron chi connectivity index (χ1n) is 8.03. The van der Waals surface area contributed by atoms with Gasteiger partial charge in [0.2, 0.25) is 0 Å². The van der Waals surface area contributed by atoms with Gasteiger partial charge in [-0.25, -0.2) is 14.6 Å². The Kier molecular flexibility index (Phi) is 4.53. The largest absolute Gasteiger partial charge is 0.347 e. The zero-order chi connectivity index (χ0) is 17.8. The summed E-state index contributed by atoms with van der Waals surface area (Å²) < 4.78 is 1.59. The first kappa shape index (κ1) is 16.2. The van der Waals surface area contributed by atoms with E-state index >= 15 is 0 Å². The molecule has 3 aromatic heterocycles. The van der Waals surface area contributed by atoms with Crippen LogP contribution in [-0.2, 0) is 6.54 Å². The van der Waals surface area contributed by atoms with Crippen molar-refractivity contribution in [2.24, 2.45) is 0 Å². The van der Waals surface area contributed by atoms with Crippen LogP contribution in [0, 0.1) is 0 Å². The van der Waals surface area contributed by atoms with Gasteiger partial charge >= 0.3 is 0 Å². The lowest BCUT2D eigenvalue weighted by atomic mass is 10.1. The number of nitrogens with zero attached hydrogens (tertiary/aromatic N) is 4. The Bertz CT molecular complexity index is 1010. The number of nitrogens with one attached hydrogen (secondary N) is 1. The molecule has 0 unspecified atom stereocenters. The molecule has 0 aliphatic rings. The van der Waals surface area contributed by atoms with Gasteiger partial charge in [-0.15, -0.1) is 11.3 Å². The molecular weight excluding hydrogens is 346 g/mol. The summed E-state index contributed by atoms with van der Waals surface area (Å²) in [4.78, 5) is 21.7. The molecule has 3 heterocycles. The van der Waals surface area contributed by atoms with Gasteiger partial charge in [0, 0.05) is 23.9 Å². The van der Waals surface area contributed by atoms with Crippen molar-refractivity contribution in [1.29, 1.82) is 0 Å². The third-order valence-electron chi connectivity index (χ3n) is 3.90. The van der Waals surface area contributed by atoms with Crippen LogP contribution in [0.15, 0.2) is 72.8 Å². The molecule has 6 nitrogen and oxygen atoms in total. The summed E-state index contributed by atoms with van der Waals surface area (Å²) in [7, 11) is 0. The Morgan fingerprint density at radius 1 is 1.12 bits per heavy atom. The summed E-state index contributed by atoms with van der Waals surface area (Å²) in [6.07, 6.45) is 4.73. The van der Waals surface area contributed by atoms with Gasteiger partial charge in [0.15, 0.2) is 5.82 Å². The summed E-state index contributed by atoms with van der Waals surface area (Å²) in [5.74, 6) is 0.548. The molecule has 4 aromatic rings. The summed E-state index contributed by atoms with van der Waals surface area (Å²) in [5.41, 5.74) is 2.84. The van der Waals surface area contributed by atoms with Gasteiger partial charge in [-0.1, -0.05) is 36.4 Å². The van der Waals surface area contributed by atoms with Gasteiger partial charge in [0.25, 0.3) is 5.91 Å². The topological polar surface area (TPSA) is 72.7 Å². The van der Waals surface area contributed by atoms with Crippen molar-refractivity contribution in [2.75, 3.05) is 0 Å². The number of hydrogen-bond acceptors (Lipinski definition) is 5. The van der Waals surface area contributed by atoms with Crippen LogP contribution in [0.5, 0.6) is 0 Å². The molecular formula is C19H15N5OS. The predicted molar refractivity (Wildman–Crippen MR) is 100 cm³/mol. The Morgan fingerprint density at radius 3 is 2.81 bits per heavy atom. The fourth-order valence-electron chi connectivity index (χ4n) is 2.68. The van der Waals surface area contributed by atoms with Crippen molar-refractivity contribution in [3.05, 3.63) is 83.2 Å². The monoisotopic (exact) mass is 361 g/mol. The molecule has 4 rings (SSSR count). The van der Waals surface area contributed by atoms with E-state index in [1.807, 2.05) is 53.9 Å². The van der Waals surface area contributed by atoms with E-state index in [9.17, 15) is 4.79 Å². The minimum Gasteiger partial charge on any atom is -0.347 e. The van der Waals surface area contributed by atoms with Crippen LogP contribution in [0.2, 0.25) is 0 Å². The van der Waals surface area contributed by atoms with Gasteiger partial charge in [-0.2, -0.15) is 5.10 Å². The number of thiophene rings is 1. The maximum Gasteiger partial charge on any atom is 0.262 e. The highest BCUT2D eigenvalue weighted by Crippen LogP contribution is 2.28. The Hall–Kier alpha value is -3.32. The van der Waals surface area contributed by atoms with E-state index in [2.05, 4.69) is 20.4 Å². The summed E-state index contributed by atoms with van der Waals surface area (Å²) in [5, 5.41) is 9.03. The smallest absolute Gasteiger partial charge is 0.262 e. The summed E-state index contributed by atoms with van der Waals surface area (Å²) >= 11 is 1.43. The number of rotatable bonds is 5. The molecule has 0 radical (unpaired) electrons. The van der Waals surface area contributed by atoms with Gasteiger partial charge in [0.05, 0.1) is 4.88 Å². The quantitative estimate of drug-likeness (QED) is 0.592. The molecule has 0 atom stereocenters. The lowest BCUT2D eigenvalue weighted by Crippen LogP contribution is -2.23. The zero-order valence-corrected chi connectivity index (χ0v) is 14.6. The molecule has 0 spiro atoms. The average molecular weight is 361 g/mol. The fourth-order valence-corrected chi connectivity index (χ4v) is 3.51. The van der Waals surface area contributed by atoms with Crippen molar-refractivity contribution >= 4 is 17.2 Å². The highest BCUT2D eigenvalue weighted by molar-refractivity contribution is 7.12. The predicted octanol–water partition coefficient (Wildman–Crippen LogP) is 3.32. The van der Waals surface area contributed by atoms with Crippen molar-refractivity contribution in [1.82, 2.24) is 25.1 Å². The van der Waals surface area contributed by atoms with Crippen LogP contribution in [-0.4, -0.2) is 25.7 Å². The fraction of sp³-hybridized carbons (Fsp3) is 0.0526. The SMILES string of the molecule is O=C(NCc1cccnc1-n1cncn1)c1sccc1-c1ccccc1. The van der Waals surface area contributed by atoms with Crippen LogP contribution in [0.3, 0.4) is 0 Å². The molecule has 128 valence electrons. The van der Waals surface area contributed by atoms with Gasteiger partial charge in [0.1, 0.15) is 12.7 Å². The van der Waals surface area contributed by atoms with Crippen LogP contribution in [0.4, 0.5) is 0 Å². The van der Waals surface area contributed by atoms with Crippen molar-refractivity contribution in [3.8, 4) is 16.9 Å². The number of carbonyl (C=O) groups is 1. The van der Waals surface area contributed by atoms with E-state index in [-0.39, 0.29) is 5.91 Å². The Balaban J connectivity index is 1.54. The first-order chi connectivity index (χ1) is 12.8. The molecule has 26 heavy (non-hydrogen) atoms. The molecule has 0 fully saturated rings. The molecule has 1 aromatic carbocycles. The van der Waals surface area contributed by atoms with E-state index in [0.29, 0.717) is 17.2 Å². The van der Waals surface area contributed by atoms with E-state index < -0.39 is 0 Å². The molecule has 1 amide bonds. The molecule has 0 bridgehead atoms. The van der Waals surface area contributed by atoms with Gasteiger partial charge in [-0.05, 0) is 23.1 Å². The van der Waals surface area contributed by atoms with E-state index in [4.69, 9.17) is 0 Å². The minimum absolute atomic E-state index is 0.104. The number of benzene rings is 1. The molecule has 0 saturated heterocycles. The highest BCUT2D eigenvalue weighted by atomic mass is 32.1. The standard InChI is InChI=1S/C19H15N5OS/c25-19(17-16(8-10-26-17)14-5-2-1-3-6-14)22-11-15-7-4-9-21-18(15)24-13-20-12-23-24/h1-10,12-13H,11H2,(H,22,25). The molecule has 0 saturated carbocycles. The second kappa shape index (κ2) is 7.28. The lowest BCUT2D eigenvalue weighted by Gasteiger charge is -2.10.